The van der Waals surface area contributed by atoms with Crippen LogP contribution in [0.25, 0.3) is 11.1 Å². The summed E-state index contributed by atoms with van der Waals surface area (Å²) in [5, 5.41) is 15.0. The van der Waals surface area contributed by atoms with E-state index in [1.54, 1.807) is 18.2 Å². The van der Waals surface area contributed by atoms with E-state index in [1.807, 2.05) is 24.3 Å². The van der Waals surface area contributed by atoms with Gasteiger partial charge < -0.3 is 0 Å². The van der Waals surface area contributed by atoms with Gasteiger partial charge in [0.2, 0.25) is 5.91 Å². The summed E-state index contributed by atoms with van der Waals surface area (Å²) in [4.78, 5) is 22.8. The number of thioether (sulfide) groups is 1. The fourth-order valence-corrected chi connectivity index (χ4v) is 4.57. The van der Waals surface area contributed by atoms with E-state index in [4.69, 9.17) is 0 Å². The van der Waals surface area contributed by atoms with Crippen LogP contribution in [0.2, 0.25) is 0 Å². The lowest BCUT2D eigenvalue weighted by Crippen LogP contribution is -2.20. The molecule has 3 aromatic carbocycles. The Hall–Kier alpha value is -3.45. The number of carbonyl (C=O) groups excluding carboxylic acids is 1. The summed E-state index contributed by atoms with van der Waals surface area (Å²) < 4.78 is 0. The maximum atomic E-state index is 12.3. The number of hydrogen-bond acceptors (Lipinski definition) is 5. The summed E-state index contributed by atoms with van der Waals surface area (Å²) in [7, 11) is 0. The Morgan fingerprint density at radius 3 is 2.24 bits per heavy atom. The van der Waals surface area contributed by atoms with E-state index >= 15 is 0 Å². The van der Waals surface area contributed by atoms with Gasteiger partial charge in [-0.2, -0.15) is 5.10 Å². The average Bonchev–Trinajstić information content (AvgIpc) is 3.06. The van der Waals surface area contributed by atoms with Crippen LogP contribution in [-0.4, -0.2) is 22.8 Å². The van der Waals surface area contributed by atoms with Gasteiger partial charge in [-0.05, 0) is 28.3 Å². The van der Waals surface area contributed by atoms with Crippen molar-refractivity contribution in [3.8, 4) is 11.1 Å². The number of carbonyl (C=O) groups is 1. The number of rotatable bonds is 6. The van der Waals surface area contributed by atoms with E-state index in [-0.39, 0.29) is 22.6 Å². The molecule has 6 nitrogen and oxygen atoms in total. The molecule has 1 aliphatic carbocycles. The Morgan fingerprint density at radius 1 is 1.00 bits per heavy atom. The summed E-state index contributed by atoms with van der Waals surface area (Å²) in [6, 6.07) is 22.7. The van der Waals surface area contributed by atoms with Gasteiger partial charge in [-0.3, -0.25) is 14.9 Å². The van der Waals surface area contributed by atoms with Crippen molar-refractivity contribution < 1.29 is 9.72 Å². The summed E-state index contributed by atoms with van der Waals surface area (Å²) >= 11 is 1.54. The van der Waals surface area contributed by atoms with Gasteiger partial charge in [0.1, 0.15) is 0 Å². The van der Waals surface area contributed by atoms with E-state index in [1.165, 1.54) is 46.3 Å². The number of nitrogens with zero attached hydrogens (tertiary/aromatic N) is 2. The largest absolute Gasteiger partial charge is 0.278 e. The normalized spacial score (nSPS) is 12.6. The van der Waals surface area contributed by atoms with Crippen LogP contribution >= 0.6 is 11.8 Å². The fourth-order valence-electron chi connectivity index (χ4n) is 3.42. The smallest absolute Gasteiger partial charge is 0.272 e. The Kier molecular flexibility index (Phi) is 5.39. The van der Waals surface area contributed by atoms with Crippen LogP contribution in [0.15, 0.2) is 77.9 Å². The molecule has 0 spiro atoms. The molecule has 0 fully saturated rings. The third-order valence-corrected chi connectivity index (χ3v) is 5.95. The van der Waals surface area contributed by atoms with Gasteiger partial charge in [-0.1, -0.05) is 60.7 Å². The van der Waals surface area contributed by atoms with Crippen molar-refractivity contribution in [3.05, 3.63) is 99.6 Å². The maximum absolute atomic E-state index is 12.3. The maximum Gasteiger partial charge on any atom is 0.278 e. The van der Waals surface area contributed by atoms with Crippen molar-refractivity contribution in [1.82, 2.24) is 5.43 Å². The van der Waals surface area contributed by atoms with Crippen LogP contribution in [0.5, 0.6) is 0 Å². The Balaban J connectivity index is 1.41. The van der Waals surface area contributed by atoms with Gasteiger partial charge in [-0.15, -0.1) is 11.8 Å². The summed E-state index contributed by atoms with van der Waals surface area (Å²) in [6.07, 6.45) is 1.29. The van der Waals surface area contributed by atoms with Crippen LogP contribution in [0.3, 0.4) is 0 Å². The molecule has 144 valence electrons. The lowest BCUT2D eigenvalue weighted by atomic mass is 10.1. The van der Waals surface area contributed by atoms with Crippen molar-refractivity contribution in [1.29, 1.82) is 0 Å². The highest BCUT2D eigenvalue weighted by Crippen LogP contribution is 2.49. The van der Waals surface area contributed by atoms with Crippen LogP contribution in [0.1, 0.15) is 21.9 Å². The molecule has 4 rings (SSSR count). The lowest BCUT2D eigenvalue weighted by Gasteiger charge is -2.12. The molecule has 0 unspecified atom stereocenters. The van der Waals surface area contributed by atoms with Gasteiger partial charge in [-0.25, -0.2) is 5.43 Å². The molecule has 1 amide bonds. The van der Waals surface area contributed by atoms with Gasteiger partial charge in [0.05, 0.1) is 27.7 Å². The minimum absolute atomic E-state index is 0.0564. The molecule has 0 bridgehead atoms. The zero-order valence-corrected chi connectivity index (χ0v) is 16.1. The molecule has 1 aliphatic rings. The van der Waals surface area contributed by atoms with E-state index in [0.29, 0.717) is 5.56 Å². The van der Waals surface area contributed by atoms with Gasteiger partial charge in [0, 0.05) is 6.07 Å². The third-order valence-electron chi connectivity index (χ3n) is 4.68. The SMILES string of the molecule is O=C(CSC1c2ccccc2-c2ccccc21)N/N=C\c1ccccc1[N+](=O)[O-]. The van der Waals surface area contributed by atoms with Crippen LogP contribution in [-0.2, 0) is 4.79 Å². The minimum Gasteiger partial charge on any atom is -0.272 e. The highest BCUT2D eigenvalue weighted by molar-refractivity contribution is 8.00. The van der Waals surface area contributed by atoms with Gasteiger partial charge >= 0.3 is 0 Å². The lowest BCUT2D eigenvalue weighted by molar-refractivity contribution is -0.385. The van der Waals surface area contributed by atoms with Crippen molar-refractivity contribution >= 4 is 29.6 Å². The van der Waals surface area contributed by atoms with Gasteiger partial charge in [0.15, 0.2) is 0 Å². The number of hydrazone groups is 1. The average molecular weight is 403 g/mol. The van der Waals surface area contributed by atoms with Crippen LogP contribution in [0.4, 0.5) is 5.69 Å². The molecule has 0 aromatic heterocycles. The molecule has 0 radical (unpaired) electrons. The first-order valence-electron chi connectivity index (χ1n) is 9.00. The summed E-state index contributed by atoms with van der Waals surface area (Å²) in [6.45, 7) is 0. The number of nitrogens with one attached hydrogen (secondary N) is 1. The predicted octanol–water partition coefficient (Wildman–Crippen LogP) is 4.55. The molecule has 29 heavy (non-hydrogen) atoms. The monoisotopic (exact) mass is 403 g/mol. The molecule has 3 aromatic rings. The summed E-state index contributed by atoms with van der Waals surface area (Å²) in [5.74, 6) is -0.0339. The minimum atomic E-state index is -0.478. The van der Waals surface area contributed by atoms with E-state index < -0.39 is 4.92 Å². The second kappa shape index (κ2) is 8.28. The highest BCUT2D eigenvalue weighted by Gasteiger charge is 2.28. The van der Waals surface area contributed by atoms with E-state index in [0.717, 1.165) is 0 Å². The number of fused-ring (bicyclic) bond motifs is 3. The number of benzene rings is 3. The Bertz CT molecular complexity index is 1070. The van der Waals surface area contributed by atoms with Crippen molar-refractivity contribution in [3.63, 3.8) is 0 Å². The number of amides is 1. The fraction of sp³-hybridized carbons (Fsp3) is 0.0909. The standard InChI is InChI=1S/C22H17N3O3S/c26-21(24-23-13-15-7-1-6-12-20(15)25(27)28)14-29-22-18-10-4-2-8-16(18)17-9-3-5-11-19(17)22/h1-13,22H,14H2,(H,24,26)/b23-13-. The first-order chi connectivity index (χ1) is 14.1. The molecular formula is C22H17N3O3S. The molecule has 0 heterocycles. The zero-order chi connectivity index (χ0) is 20.2. The third kappa shape index (κ3) is 3.90. The van der Waals surface area contributed by atoms with Crippen LogP contribution in [0, 0.1) is 10.1 Å². The quantitative estimate of drug-likeness (QED) is 0.372. The first-order valence-corrected chi connectivity index (χ1v) is 10.0. The molecule has 0 atom stereocenters. The molecule has 0 aliphatic heterocycles. The second-order valence-electron chi connectivity index (χ2n) is 6.47. The number of nitro benzene ring substituents is 1. The molecule has 7 heteroatoms. The first kappa shape index (κ1) is 18.9. The van der Waals surface area contributed by atoms with Crippen molar-refractivity contribution in [2.24, 2.45) is 5.10 Å². The molecule has 0 saturated carbocycles. The number of hydrogen-bond donors (Lipinski definition) is 1. The molecular weight excluding hydrogens is 386 g/mol. The van der Waals surface area contributed by atoms with Crippen molar-refractivity contribution in [2.45, 2.75) is 5.25 Å². The topological polar surface area (TPSA) is 84.6 Å². The zero-order valence-electron chi connectivity index (χ0n) is 15.3. The molecule has 0 saturated heterocycles. The van der Waals surface area contributed by atoms with Gasteiger partial charge in [0.25, 0.3) is 5.69 Å². The second-order valence-corrected chi connectivity index (χ2v) is 7.57. The Morgan fingerprint density at radius 2 is 1.59 bits per heavy atom. The van der Waals surface area contributed by atoms with E-state index in [9.17, 15) is 14.9 Å². The number of nitro groups is 1. The van der Waals surface area contributed by atoms with Crippen molar-refractivity contribution in [2.75, 3.05) is 5.75 Å². The highest BCUT2D eigenvalue weighted by atomic mass is 32.2. The molecule has 1 N–H and O–H groups in total. The van der Waals surface area contributed by atoms with Crippen LogP contribution < -0.4 is 5.43 Å². The van der Waals surface area contributed by atoms with E-state index in [2.05, 4.69) is 34.8 Å². The summed E-state index contributed by atoms with van der Waals surface area (Å²) in [5.41, 5.74) is 7.55. The Labute approximate surface area is 171 Å². The predicted molar refractivity (Wildman–Crippen MR) is 115 cm³/mol. The number of para-hydroxylation sites is 1.